The summed E-state index contributed by atoms with van der Waals surface area (Å²) in [5.74, 6) is -0.0757. The molecule has 3 amide bonds. The number of carbonyl (C=O) groups excluding carboxylic acids is 3. The summed E-state index contributed by atoms with van der Waals surface area (Å²) in [6.07, 6.45) is 1.28. The Kier molecular flexibility index (Phi) is 7.22. The SMILES string of the molecule is CC(C)C(NC(=O)Nc1ccccc1)C(=O)N1CCC(C(=O)c2ccccc2)CC1. The highest BCUT2D eigenvalue weighted by Crippen LogP contribution is 2.23. The van der Waals surface area contributed by atoms with E-state index < -0.39 is 12.1 Å². The number of carbonyl (C=O) groups is 3. The van der Waals surface area contributed by atoms with Crippen molar-refractivity contribution in [3.63, 3.8) is 0 Å². The Labute approximate surface area is 177 Å². The zero-order chi connectivity index (χ0) is 21.5. The fourth-order valence-electron chi connectivity index (χ4n) is 3.74. The van der Waals surface area contributed by atoms with Crippen molar-refractivity contribution in [2.75, 3.05) is 18.4 Å². The number of urea groups is 1. The normalized spacial score (nSPS) is 15.5. The van der Waals surface area contributed by atoms with E-state index in [9.17, 15) is 14.4 Å². The first-order valence-electron chi connectivity index (χ1n) is 10.5. The number of Topliss-reactive ketones (excluding diaryl/α,β-unsaturated/α-hetero) is 1. The van der Waals surface area contributed by atoms with E-state index in [2.05, 4.69) is 10.6 Å². The van der Waals surface area contributed by atoms with Gasteiger partial charge in [-0.3, -0.25) is 9.59 Å². The second-order valence-electron chi connectivity index (χ2n) is 8.02. The predicted octanol–water partition coefficient (Wildman–Crippen LogP) is 3.95. The number of amides is 3. The number of nitrogens with one attached hydrogen (secondary N) is 2. The monoisotopic (exact) mass is 407 g/mol. The molecule has 0 saturated carbocycles. The number of ketones is 1. The van der Waals surface area contributed by atoms with Gasteiger partial charge in [-0.2, -0.15) is 0 Å². The van der Waals surface area contributed by atoms with Crippen LogP contribution in [0.3, 0.4) is 0 Å². The van der Waals surface area contributed by atoms with Gasteiger partial charge in [0.15, 0.2) is 5.78 Å². The van der Waals surface area contributed by atoms with Crippen LogP contribution in [-0.2, 0) is 4.79 Å². The van der Waals surface area contributed by atoms with Gasteiger partial charge in [-0.15, -0.1) is 0 Å². The third-order valence-corrected chi connectivity index (χ3v) is 5.49. The van der Waals surface area contributed by atoms with Crippen LogP contribution in [0.2, 0.25) is 0 Å². The van der Waals surface area contributed by atoms with Gasteiger partial charge in [0.2, 0.25) is 5.91 Å². The number of anilines is 1. The molecule has 2 aromatic rings. The van der Waals surface area contributed by atoms with Crippen molar-refractivity contribution in [2.45, 2.75) is 32.7 Å². The van der Waals surface area contributed by atoms with Crippen LogP contribution in [-0.4, -0.2) is 41.8 Å². The summed E-state index contributed by atoms with van der Waals surface area (Å²) in [4.78, 5) is 39.9. The molecule has 0 aliphatic carbocycles. The number of piperidine rings is 1. The van der Waals surface area contributed by atoms with Crippen molar-refractivity contribution in [2.24, 2.45) is 11.8 Å². The Bertz CT molecular complexity index is 860. The molecule has 0 bridgehead atoms. The molecule has 1 fully saturated rings. The second-order valence-corrected chi connectivity index (χ2v) is 8.02. The topological polar surface area (TPSA) is 78.5 Å². The van der Waals surface area contributed by atoms with Crippen LogP contribution in [0.1, 0.15) is 37.0 Å². The Morgan fingerprint density at radius 2 is 1.47 bits per heavy atom. The molecule has 1 aliphatic rings. The molecule has 3 rings (SSSR count). The van der Waals surface area contributed by atoms with E-state index in [-0.39, 0.29) is 23.5 Å². The number of benzene rings is 2. The Morgan fingerprint density at radius 1 is 0.900 bits per heavy atom. The molecule has 30 heavy (non-hydrogen) atoms. The highest BCUT2D eigenvalue weighted by Gasteiger charge is 2.33. The molecule has 0 radical (unpaired) electrons. The van der Waals surface area contributed by atoms with Gasteiger partial charge in [-0.25, -0.2) is 4.79 Å². The fraction of sp³-hybridized carbons (Fsp3) is 0.375. The van der Waals surface area contributed by atoms with Gasteiger partial charge in [-0.05, 0) is 30.9 Å². The van der Waals surface area contributed by atoms with Crippen LogP contribution in [0, 0.1) is 11.8 Å². The van der Waals surface area contributed by atoms with Crippen molar-refractivity contribution < 1.29 is 14.4 Å². The summed E-state index contributed by atoms with van der Waals surface area (Å²) in [7, 11) is 0. The van der Waals surface area contributed by atoms with E-state index in [0.29, 0.717) is 31.6 Å². The minimum atomic E-state index is -0.616. The quantitative estimate of drug-likeness (QED) is 0.712. The third kappa shape index (κ3) is 5.47. The molecule has 1 unspecified atom stereocenters. The zero-order valence-electron chi connectivity index (χ0n) is 17.5. The summed E-state index contributed by atoms with van der Waals surface area (Å²) >= 11 is 0. The van der Waals surface area contributed by atoms with E-state index in [1.54, 1.807) is 17.0 Å². The van der Waals surface area contributed by atoms with Crippen LogP contribution in [0.25, 0.3) is 0 Å². The maximum atomic E-state index is 13.1. The molecule has 1 saturated heterocycles. The standard InChI is InChI=1S/C24H29N3O3/c1-17(2)21(26-24(30)25-20-11-7-4-8-12-20)23(29)27-15-13-19(14-16-27)22(28)18-9-5-3-6-10-18/h3-12,17,19,21H,13-16H2,1-2H3,(H2,25,26,30). The van der Waals surface area contributed by atoms with Gasteiger partial charge in [0.25, 0.3) is 0 Å². The zero-order valence-corrected chi connectivity index (χ0v) is 17.5. The number of hydrogen-bond donors (Lipinski definition) is 2. The largest absolute Gasteiger partial charge is 0.341 e. The van der Waals surface area contributed by atoms with Gasteiger partial charge in [0, 0.05) is 30.3 Å². The first kappa shape index (κ1) is 21.6. The first-order valence-corrected chi connectivity index (χ1v) is 10.5. The maximum Gasteiger partial charge on any atom is 0.319 e. The predicted molar refractivity (Wildman–Crippen MR) is 117 cm³/mol. The summed E-state index contributed by atoms with van der Waals surface area (Å²) < 4.78 is 0. The fourth-order valence-corrected chi connectivity index (χ4v) is 3.74. The third-order valence-electron chi connectivity index (χ3n) is 5.49. The molecule has 6 heteroatoms. The van der Waals surface area contributed by atoms with Crippen molar-refractivity contribution in [3.05, 3.63) is 66.2 Å². The van der Waals surface area contributed by atoms with Crippen LogP contribution in [0.5, 0.6) is 0 Å². The highest BCUT2D eigenvalue weighted by atomic mass is 16.2. The molecule has 2 N–H and O–H groups in total. The van der Waals surface area contributed by atoms with Gasteiger partial charge < -0.3 is 15.5 Å². The van der Waals surface area contributed by atoms with Gasteiger partial charge in [0.1, 0.15) is 6.04 Å². The minimum absolute atomic E-state index is 0.0531. The summed E-state index contributed by atoms with van der Waals surface area (Å²) in [6, 6.07) is 17.4. The smallest absolute Gasteiger partial charge is 0.319 e. The number of likely N-dealkylation sites (tertiary alicyclic amines) is 1. The van der Waals surface area contributed by atoms with Crippen LogP contribution < -0.4 is 10.6 Å². The lowest BCUT2D eigenvalue weighted by Gasteiger charge is -2.35. The lowest BCUT2D eigenvalue weighted by atomic mass is 9.88. The average Bonchev–Trinajstić information content (AvgIpc) is 2.78. The van der Waals surface area contributed by atoms with Crippen molar-refractivity contribution in [1.29, 1.82) is 0 Å². The van der Waals surface area contributed by atoms with Crippen LogP contribution >= 0.6 is 0 Å². The average molecular weight is 408 g/mol. The second kappa shape index (κ2) is 10.1. The lowest BCUT2D eigenvalue weighted by Crippen LogP contribution is -2.54. The Hall–Kier alpha value is -3.15. The molecule has 1 heterocycles. The molecular weight excluding hydrogens is 378 g/mol. The van der Waals surface area contributed by atoms with Crippen molar-refractivity contribution >= 4 is 23.4 Å². The number of hydrogen-bond acceptors (Lipinski definition) is 3. The van der Waals surface area contributed by atoms with E-state index in [1.807, 2.05) is 62.4 Å². The molecule has 0 aromatic heterocycles. The van der Waals surface area contributed by atoms with E-state index in [0.717, 1.165) is 5.56 Å². The number of nitrogens with zero attached hydrogens (tertiary/aromatic N) is 1. The molecule has 6 nitrogen and oxygen atoms in total. The van der Waals surface area contributed by atoms with Gasteiger partial charge >= 0.3 is 6.03 Å². The molecule has 1 atom stereocenters. The van der Waals surface area contributed by atoms with Gasteiger partial charge in [0.05, 0.1) is 0 Å². The van der Waals surface area contributed by atoms with E-state index in [4.69, 9.17) is 0 Å². The van der Waals surface area contributed by atoms with Crippen molar-refractivity contribution in [1.82, 2.24) is 10.2 Å². The Morgan fingerprint density at radius 3 is 2.03 bits per heavy atom. The van der Waals surface area contributed by atoms with E-state index >= 15 is 0 Å². The molecule has 158 valence electrons. The molecule has 0 spiro atoms. The lowest BCUT2D eigenvalue weighted by molar-refractivity contribution is -0.135. The number of rotatable bonds is 6. The van der Waals surface area contributed by atoms with Gasteiger partial charge in [-0.1, -0.05) is 62.4 Å². The molecular formula is C24H29N3O3. The first-order chi connectivity index (χ1) is 14.5. The van der Waals surface area contributed by atoms with E-state index in [1.165, 1.54) is 0 Å². The Balaban J connectivity index is 1.56. The highest BCUT2D eigenvalue weighted by molar-refractivity contribution is 5.98. The van der Waals surface area contributed by atoms with Crippen molar-refractivity contribution in [3.8, 4) is 0 Å². The molecule has 1 aliphatic heterocycles. The van der Waals surface area contributed by atoms with Crippen LogP contribution in [0.15, 0.2) is 60.7 Å². The maximum absolute atomic E-state index is 13.1. The summed E-state index contributed by atoms with van der Waals surface area (Å²) in [5, 5.41) is 5.57. The molecule has 2 aromatic carbocycles. The minimum Gasteiger partial charge on any atom is -0.341 e. The number of para-hydroxylation sites is 1. The van der Waals surface area contributed by atoms with Crippen LogP contribution in [0.4, 0.5) is 10.5 Å². The summed E-state index contributed by atoms with van der Waals surface area (Å²) in [6.45, 7) is 4.87. The summed E-state index contributed by atoms with van der Waals surface area (Å²) in [5.41, 5.74) is 1.40.